The minimum Gasteiger partial charge on any atom is -0.858 e. The van der Waals surface area contributed by atoms with Crippen LogP contribution < -0.4 is 5.11 Å². The molecule has 5 heteroatoms. The SMILES string of the molecule is Cc1ccc(-c2cc3nc(-c4ccccn4)cc([O-])n3n2)cc1. The van der Waals surface area contributed by atoms with Gasteiger partial charge in [-0.25, -0.2) is 9.50 Å². The van der Waals surface area contributed by atoms with Gasteiger partial charge in [0.1, 0.15) is 0 Å². The molecule has 0 N–H and O–H groups in total. The molecule has 0 aliphatic rings. The fraction of sp³-hybridized carbons (Fsp3) is 0.0556. The van der Waals surface area contributed by atoms with E-state index in [2.05, 4.69) is 15.1 Å². The van der Waals surface area contributed by atoms with Gasteiger partial charge in [0.25, 0.3) is 0 Å². The summed E-state index contributed by atoms with van der Waals surface area (Å²) < 4.78 is 1.32. The fourth-order valence-electron chi connectivity index (χ4n) is 2.46. The molecule has 112 valence electrons. The molecule has 0 radical (unpaired) electrons. The maximum atomic E-state index is 12.3. The molecule has 0 fully saturated rings. The van der Waals surface area contributed by atoms with E-state index < -0.39 is 0 Å². The van der Waals surface area contributed by atoms with Crippen LogP contribution in [0.3, 0.4) is 0 Å². The molecule has 1 aromatic carbocycles. The van der Waals surface area contributed by atoms with Gasteiger partial charge in [0.15, 0.2) is 5.65 Å². The number of aryl methyl sites for hydroxylation is 1. The van der Waals surface area contributed by atoms with E-state index in [0.717, 1.165) is 11.3 Å². The topological polar surface area (TPSA) is 66.1 Å². The maximum absolute atomic E-state index is 12.3. The normalized spacial score (nSPS) is 11.0. The third kappa shape index (κ3) is 2.42. The number of hydrogen-bond acceptors (Lipinski definition) is 4. The Labute approximate surface area is 132 Å². The molecule has 4 aromatic rings. The number of benzene rings is 1. The van der Waals surface area contributed by atoms with Gasteiger partial charge in [-0.1, -0.05) is 35.9 Å². The molecule has 0 amide bonds. The lowest BCUT2D eigenvalue weighted by Crippen LogP contribution is -2.03. The molecular weight excluding hydrogens is 288 g/mol. The van der Waals surface area contributed by atoms with Gasteiger partial charge in [0, 0.05) is 17.8 Å². The van der Waals surface area contributed by atoms with Crippen LogP contribution in [0.1, 0.15) is 5.56 Å². The van der Waals surface area contributed by atoms with Crippen LogP contribution in [0.5, 0.6) is 5.88 Å². The Kier molecular flexibility index (Phi) is 3.05. The van der Waals surface area contributed by atoms with E-state index in [1.807, 2.05) is 55.5 Å². The molecule has 0 saturated carbocycles. The second-order valence-corrected chi connectivity index (χ2v) is 5.36. The highest BCUT2D eigenvalue weighted by molar-refractivity contribution is 5.67. The van der Waals surface area contributed by atoms with E-state index in [1.165, 1.54) is 16.1 Å². The Bertz CT molecular complexity index is 975. The summed E-state index contributed by atoms with van der Waals surface area (Å²) in [5, 5.41) is 16.7. The monoisotopic (exact) mass is 301 g/mol. The zero-order valence-corrected chi connectivity index (χ0v) is 12.5. The van der Waals surface area contributed by atoms with Gasteiger partial charge in [-0.15, -0.1) is 0 Å². The first-order valence-electron chi connectivity index (χ1n) is 7.27. The van der Waals surface area contributed by atoms with Crippen molar-refractivity contribution in [3.05, 3.63) is 66.4 Å². The predicted octanol–water partition coefficient (Wildman–Crippen LogP) is 2.84. The van der Waals surface area contributed by atoms with Gasteiger partial charge in [0.05, 0.1) is 17.1 Å². The van der Waals surface area contributed by atoms with Crippen LogP contribution in [-0.4, -0.2) is 19.6 Å². The van der Waals surface area contributed by atoms with Crippen molar-refractivity contribution in [1.82, 2.24) is 19.6 Å². The molecule has 3 aromatic heterocycles. The summed E-state index contributed by atoms with van der Waals surface area (Å²) >= 11 is 0. The summed E-state index contributed by atoms with van der Waals surface area (Å²) in [6.45, 7) is 2.03. The third-order valence-electron chi connectivity index (χ3n) is 3.67. The number of pyridine rings is 1. The van der Waals surface area contributed by atoms with Gasteiger partial charge in [-0.2, -0.15) is 5.10 Å². The Balaban J connectivity index is 1.85. The molecule has 4 rings (SSSR count). The third-order valence-corrected chi connectivity index (χ3v) is 3.67. The zero-order valence-electron chi connectivity index (χ0n) is 12.5. The van der Waals surface area contributed by atoms with Crippen LogP contribution >= 0.6 is 0 Å². The molecule has 5 nitrogen and oxygen atoms in total. The van der Waals surface area contributed by atoms with E-state index >= 15 is 0 Å². The first-order chi connectivity index (χ1) is 11.2. The predicted molar refractivity (Wildman–Crippen MR) is 85.8 cm³/mol. The van der Waals surface area contributed by atoms with Crippen LogP contribution in [-0.2, 0) is 0 Å². The molecule has 23 heavy (non-hydrogen) atoms. The highest BCUT2D eigenvalue weighted by Gasteiger charge is 2.08. The average Bonchev–Trinajstić information content (AvgIpc) is 3.01. The molecule has 3 heterocycles. The molecule has 0 aliphatic carbocycles. The van der Waals surface area contributed by atoms with Crippen LogP contribution in [0.15, 0.2) is 60.8 Å². The Morgan fingerprint density at radius 3 is 2.48 bits per heavy atom. The second-order valence-electron chi connectivity index (χ2n) is 5.36. The smallest absolute Gasteiger partial charge is 0.155 e. The van der Waals surface area contributed by atoms with Crippen LogP contribution in [0.4, 0.5) is 0 Å². The first-order valence-corrected chi connectivity index (χ1v) is 7.27. The van der Waals surface area contributed by atoms with Crippen molar-refractivity contribution < 1.29 is 5.11 Å². The van der Waals surface area contributed by atoms with Crippen LogP contribution in [0.25, 0.3) is 28.3 Å². The molecule has 0 saturated heterocycles. The number of nitrogens with zero attached hydrogens (tertiary/aromatic N) is 4. The number of hydrogen-bond donors (Lipinski definition) is 0. The van der Waals surface area contributed by atoms with Gasteiger partial charge in [-0.3, -0.25) is 4.98 Å². The van der Waals surface area contributed by atoms with E-state index in [-0.39, 0.29) is 5.88 Å². The van der Waals surface area contributed by atoms with E-state index in [9.17, 15) is 5.11 Å². The molecule has 0 bridgehead atoms. The van der Waals surface area contributed by atoms with Gasteiger partial charge in [-0.05, 0) is 31.0 Å². The molecule has 0 spiro atoms. The van der Waals surface area contributed by atoms with Crippen LogP contribution in [0.2, 0.25) is 0 Å². The van der Waals surface area contributed by atoms with Crippen molar-refractivity contribution in [1.29, 1.82) is 0 Å². The summed E-state index contributed by atoms with van der Waals surface area (Å²) in [4.78, 5) is 8.75. The van der Waals surface area contributed by atoms with Crippen molar-refractivity contribution in [3.8, 4) is 28.5 Å². The highest BCUT2D eigenvalue weighted by Crippen LogP contribution is 2.24. The number of rotatable bonds is 2. The van der Waals surface area contributed by atoms with Gasteiger partial charge >= 0.3 is 0 Å². The van der Waals surface area contributed by atoms with Gasteiger partial charge in [0.2, 0.25) is 0 Å². The molecule has 0 atom stereocenters. The second kappa shape index (κ2) is 5.21. The average molecular weight is 301 g/mol. The van der Waals surface area contributed by atoms with Crippen molar-refractivity contribution in [2.24, 2.45) is 0 Å². The molecular formula is C18H13N4O-. The first kappa shape index (κ1) is 13.5. The lowest BCUT2D eigenvalue weighted by atomic mass is 10.1. The maximum Gasteiger partial charge on any atom is 0.155 e. The van der Waals surface area contributed by atoms with Crippen LogP contribution in [0, 0.1) is 6.92 Å². The number of aromatic nitrogens is 4. The number of fused-ring (bicyclic) bond motifs is 1. The highest BCUT2D eigenvalue weighted by atomic mass is 16.3. The summed E-state index contributed by atoms with van der Waals surface area (Å²) in [7, 11) is 0. The Hall–Kier alpha value is -3.21. The summed E-state index contributed by atoms with van der Waals surface area (Å²) in [6, 6.07) is 16.8. The van der Waals surface area contributed by atoms with Crippen molar-refractivity contribution in [3.63, 3.8) is 0 Å². The minimum absolute atomic E-state index is 0.214. The van der Waals surface area contributed by atoms with E-state index in [1.54, 1.807) is 6.20 Å². The van der Waals surface area contributed by atoms with Crippen molar-refractivity contribution >= 4 is 5.65 Å². The van der Waals surface area contributed by atoms with Crippen molar-refractivity contribution in [2.75, 3.05) is 0 Å². The van der Waals surface area contributed by atoms with E-state index in [4.69, 9.17) is 0 Å². The summed E-state index contributed by atoms with van der Waals surface area (Å²) in [5.41, 5.74) is 4.61. The van der Waals surface area contributed by atoms with E-state index in [0.29, 0.717) is 17.0 Å². The van der Waals surface area contributed by atoms with Gasteiger partial charge < -0.3 is 5.11 Å². The largest absolute Gasteiger partial charge is 0.858 e. The quantitative estimate of drug-likeness (QED) is 0.571. The molecule has 0 aliphatic heterocycles. The Morgan fingerprint density at radius 2 is 1.74 bits per heavy atom. The lowest BCUT2D eigenvalue weighted by molar-refractivity contribution is -0.277. The van der Waals surface area contributed by atoms with Crippen molar-refractivity contribution in [2.45, 2.75) is 6.92 Å². The lowest BCUT2D eigenvalue weighted by Gasteiger charge is -2.10. The standard InChI is InChI=1S/C18H14N4O/c1-12-5-7-13(8-6-12)15-10-17-20-16(11-18(23)22(17)21-15)14-4-2-3-9-19-14/h2-11,23H,1H3/p-1. The minimum atomic E-state index is -0.214. The Morgan fingerprint density at radius 1 is 0.913 bits per heavy atom. The zero-order chi connectivity index (χ0) is 15.8. The summed E-state index contributed by atoms with van der Waals surface area (Å²) in [5.74, 6) is -0.214. The fourth-order valence-corrected chi connectivity index (χ4v) is 2.46. The summed E-state index contributed by atoms with van der Waals surface area (Å²) in [6.07, 6.45) is 1.68. The molecule has 0 unspecified atom stereocenters.